The molecule has 1 aromatic carbocycles. The Hall–Kier alpha value is -3.83. The standard InChI is InChI=1S/C26H32F3N7O4/c1-2-3-11-40-25(38)33-21-8-9-35(16-22(21)37)18-6-4-17(5-7-18)32-24-31-14-20(26(27,28)29)23(34-24)36-10-12-39-19(13-30)15-36/h4-7,14,19,21-22,37H,2-3,8-12,15-16H2,1H3,(H,33,38)(H,31,32,34). The molecule has 4 rings (SSSR count). The first-order valence-electron chi connectivity index (χ1n) is 13.1. The van der Waals surface area contributed by atoms with Crippen LogP contribution < -0.4 is 20.4 Å². The number of rotatable bonds is 8. The Morgan fingerprint density at radius 3 is 2.70 bits per heavy atom. The summed E-state index contributed by atoms with van der Waals surface area (Å²) in [6.45, 7) is 3.47. The van der Waals surface area contributed by atoms with Crippen LogP contribution in [0.15, 0.2) is 30.5 Å². The average molecular weight is 564 g/mol. The molecule has 2 aromatic rings. The van der Waals surface area contributed by atoms with Gasteiger partial charge in [0.15, 0.2) is 6.10 Å². The Bertz CT molecular complexity index is 1190. The van der Waals surface area contributed by atoms with Gasteiger partial charge in [0.2, 0.25) is 5.95 Å². The Morgan fingerprint density at radius 1 is 1.25 bits per heavy atom. The summed E-state index contributed by atoms with van der Waals surface area (Å²) in [7, 11) is 0. The monoisotopic (exact) mass is 563 g/mol. The number of halogens is 3. The second-order valence-electron chi connectivity index (χ2n) is 9.58. The maximum Gasteiger partial charge on any atom is 0.421 e. The number of piperidine rings is 1. The number of β-amino-alcohol motifs (C(OH)–C–C–N with tert-alkyl or cyclic N) is 1. The molecule has 14 heteroatoms. The fraction of sp³-hybridized carbons (Fsp3) is 0.538. The highest BCUT2D eigenvalue weighted by Gasteiger charge is 2.38. The molecule has 0 radical (unpaired) electrons. The lowest BCUT2D eigenvalue weighted by molar-refractivity contribution is -0.137. The molecule has 0 spiro atoms. The number of benzene rings is 1. The second-order valence-corrected chi connectivity index (χ2v) is 9.58. The molecule has 0 aliphatic carbocycles. The zero-order chi connectivity index (χ0) is 28.7. The molecule has 0 bridgehead atoms. The molecule has 2 aliphatic rings. The summed E-state index contributed by atoms with van der Waals surface area (Å²) >= 11 is 0. The number of alkyl halides is 3. The number of hydrogen-bond acceptors (Lipinski definition) is 10. The number of morpholine rings is 1. The zero-order valence-corrected chi connectivity index (χ0v) is 22.0. The quantitative estimate of drug-likeness (QED) is 0.410. The molecule has 3 unspecified atom stereocenters. The first kappa shape index (κ1) is 29.2. The van der Waals surface area contributed by atoms with Crippen LogP contribution >= 0.6 is 0 Å². The Labute approximate surface area is 229 Å². The van der Waals surface area contributed by atoms with E-state index in [4.69, 9.17) is 14.7 Å². The molecule has 3 atom stereocenters. The minimum absolute atomic E-state index is 0.0242. The number of carbonyl (C=O) groups excluding carboxylic acids is 1. The highest BCUT2D eigenvalue weighted by atomic mass is 19.4. The van der Waals surface area contributed by atoms with E-state index in [9.17, 15) is 23.1 Å². The Morgan fingerprint density at radius 2 is 2.02 bits per heavy atom. The fourth-order valence-corrected chi connectivity index (χ4v) is 4.52. The number of anilines is 4. The van der Waals surface area contributed by atoms with Crippen LogP contribution in [0.4, 0.5) is 41.1 Å². The first-order chi connectivity index (χ1) is 19.2. The molecule has 2 aliphatic heterocycles. The van der Waals surface area contributed by atoms with Gasteiger partial charge in [0, 0.05) is 37.2 Å². The molecule has 3 N–H and O–H groups in total. The molecule has 2 saturated heterocycles. The second kappa shape index (κ2) is 13.0. The van der Waals surface area contributed by atoms with Crippen molar-refractivity contribution in [1.29, 1.82) is 5.26 Å². The summed E-state index contributed by atoms with van der Waals surface area (Å²) in [5.74, 6) is -0.339. The van der Waals surface area contributed by atoms with Crippen molar-refractivity contribution in [1.82, 2.24) is 15.3 Å². The number of alkyl carbamates (subject to hydrolysis) is 1. The van der Waals surface area contributed by atoms with Crippen molar-refractivity contribution in [2.24, 2.45) is 0 Å². The zero-order valence-electron chi connectivity index (χ0n) is 22.0. The van der Waals surface area contributed by atoms with Gasteiger partial charge in [-0.25, -0.2) is 9.78 Å². The molecule has 216 valence electrons. The number of amides is 1. The number of hydrogen-bond donors (Lipinski definition) is 3. The van der Waals surface area contributed by atoms with E-state index in [2.05, 4.69) is 20.6 Å². The summed E-state index contributed by atoms with van der Waals surface area (Å²) < 4.78 is 51.4. The summed E-state index contributed by atoms with van der Waals surface area (Å²) in [6.07, 6.45) is -3.89. The molecule has 40 heavy (non-hydrogen) atoms. The van der Waals surface area contributed by atoms with Gasteiger partial charge >= 0.3 is 12.3 Å². The number of nitrogens with one attached hydrogen (secondary N) is 2. The largest absolute Gasteiger partial charge is 0.450 e. The van der Waals surface area contributed by atoms with Gasteiger partial charge in [0.05, 0.1) is 38.0 Å². The van der Waals surface area contributed by atoms with Crippen molar-refractivity contribution in [3.63, 3.8) is 0 Å². The number of unbranched alkanes of at least 4 members (excludes halogenated alkanes) is 1. The van der Waals surface area contributed by atoms with Crippen LogP contribution in [0.5, 0.6) is 0 Å². The SMILES string of the molecule is CCCCOC(=O)NC1CCN(c2ccc(Nc3ncc(C(F)(F)F)c(N4CCOC(C#N)C4)n3)cc2)CC1O. The third kappa shape index (κ3) is 7.42. The summed E-state index contributed by atoms with van der Waals surface area (Å²) in [6, 6.07) is 8.61. The number of aliphatic hydroxyl groups excluding tert-OH is 1. The lowest BCUT2D eigenvalue weighted by Gasteiger charge is -2.37. The first-order valence-corrected chi connectivity index (χ1v) is 13.1. The number of aromatic nitrogens is 2. The molecule has 11 nitrogen and oxygen atoms in total. The highest BCUT2D eigenvalue weighted by molar-refractivity contribution is 5.68. The van der Waals surface area contributed by atoms with Crippen LogP contribution in [0.25, 0.3) is 0 Å². The molecule has 2 fully saturated rings. The van der Waals surface area contributed by atoms with Crippen molar-refractivity contribution < 1.29 is 32.5 Å². The van der Waals surface area contributed by atoms with Crippen molar-refractivity contribution in [3.05, 3.63) is 36.0 Å². The molecule has 0 saturated carbocycles. The summed E-state index contributed by atoms with van der Waals surface area (Å²) in [5, 5.41) is 25.4. The van der Waals surface area contributed by atoms with Gasteiger partial charge in [-0.3, -0.25) is 0 Å². The Balaban J connectivity index is 1.39. The molecule has 3 heterocycles. The fourth-order valence-electron chi connectivity index (χ4n) is 4.52. The van der Waals surface area contributed by atoms with Crippen molar-refractivity contribution in [2.45, 2.75) is 50.6 Å². The van der Waals surface area contributed by atoms with Crippen LogP contribution in [0, 0.1) is 11.3 Å². The number of carbonyl (C=O) groups is 1. The predicted molar refractivity (Wildman–Crippen MR) is 140 cm³/mol. The smallest absolute Gasteiger partial charge is 0.421 e. The van der Waals surface area contributed by atoms with Crippen molar-refractivity contribution in [2.75, 3.05) is 54.5 Å². The van der Waals surface area contributed by atoms with E-state index in [1.54, 1.807) is 12.1 Å². The lowest BCUT2D eigenvalue weighted by Crippen LogP contribution is -2.54. The maximum atomic E-state index is 13.7. The van der Waals surface area contributed by atoms with Crippen LogP contribution in [0.2, 0.25) is 0 Å². The van der Waals surface area contributed by atoms with Crippen molar-refractivity contribution in [3.8, 4) is 6.07 Å². The predicted octanol–water partition coefficient (Wildman–Crippen LogP) is 3.43. The van der Waals surface area contributed by atoms with Gasteiger partial charge in [0.1, 0.15) is 11.4 Å². The third-order valence-corrected chi connectivity index (χ3v) is 6.69. The van der Waals surface area contributed by atoms with Gasteiger partial charge < -0.3 is 35.0 Å². The summed E-state index contributed by atoms with van der Waals surface area (Å²) in [5.41, 5.74) is 0.398. The molecular formula is C26H32F3N7O4. The molecular weight excluding hydrogens is 531 g/mol. The van der Waals surface area contributed by atoms with E-state index >= 15 is 0 Å². The van der Waals surface area contributed by atoms with Gasteiger partial charge in [0.25, 0.3) is 0 Å². The number of nitrogens with zero attached hydrogens (tertiary/aromatic N) is 5. The van der Waals surface area contributed by atoms with Gasteiger partial charge in [-0.05, 0) is 37.1 Å². The van der Waals surface area contributed by atoms with Crippen LogP contribution in [0.1, 0.15) is 31.7 Å². The minimum atomic E-state index is -4.67. The van der Waals surface area contributed by atoms with E-state index in [0.29, 0.717) is 31.8 Å². The van der Waals surface area contributed by atoms with Gasteiger partial charge in [-0.1, -0.05) is 13.3 Å². The van der Waals surface area contributed by atoms with E-state index < -0.39 is 36.1 Å². The van der Waals surface area contributed by atoms with Crippen LogP contribution in [-0.2, 0) is 15.7 Å². The van der Waals surface area contributed by atoms with Gasteiger partial charge in [-0.2, -0.15) is 23.4 Å². The highest BCUT2D eigenvalue weighted by Crippen LogP contribution is 2.36. The minimum Gasteiger partial charge on any atom is -0.450 e. The van der Waals surface area contributed by atoms with E-state index in [1.165, 1.54) is 4.90 Å². The van der Waals surface area contributed by atoms with Crippen LogP contribution in [-0.4, -0.2) is 78.8 Å². The summed E-state index contributed by atoms with van der Waals surface area (Å²) in [4.78, 5) is 23.3. The molecule has 1 amide bonds. The van der Waals surface area contributed by atoms with E-state index in [1.807, 2.05) is 30.0 Å². The Kier molecular flexibility index (Phi) is 9.49. The number of ether oxygens (including phenoxy) is 2. The van der Waals surface area contributed by atoms with Crippen LogP contribution in [0.3, 0.4) is 0 Å². The van der Waals surface area contributed by atoms with Crippen molar-refractivity contribution >= 4 is 29.2 Å². The average Bonchev–Trinajstić information content (AvgIpc) is 2.94. The number of aliphatic hydroxyl groups is 1. The van der Waals surface area contributed by atoms with E-state index in [0.717, 1.165) is 24.7 Å². The number of nitriles is 1. The van der Waals surface area contributed by atoms with E-state index in [-0.39, 0.29) is 31.5 Å². The maximum absolute atomic E-state index is 13.7. The topological polar surface area (TPSA) is 136 Å². The van der Waals surface area contributed by atoms with Gasteiger partial charge in [-0.15, -0.1) is 0 Å². The lowest BCUT2D eigenvalue weighted by atomic mass is 10.0. The third-order valence-electron chi connectivity index (χ3n) is 6.69. The normalized spacial score (nSPS) is 21.4. The molecule has 1 aromatic heterocycles.